The molecule has 0 aromatic rings. The van der Waals surface area contributed by atoms with Crippen molar-refractivity contribution in [1.82, 2.24) is 10.2 Å². The standard InChI is InChI=1S/C17H30N2O3/c1-17(2,3)15(21)14(20)12-8-6-7-9-13(12)16(22)18-10-11-19(4)5/h12-13H,6-11H2,1-5H3,(H,18,22)/t12-,13+/m0/s1. The summed E-state index contributed by atoms with van der Waals surface area (Å²) < 4.78 is 0. The highest BCUT2D eigenvalue weighted by atomic mass is 16.2. The van der Waals surface area contributed by atoms with E-state index in [1.807, 2.05) is 19.0 Å². The number of hydrogen-bond donors (Lipinski definition) is 1. The molecule has 1 saturated carbocycles. The predicted octanol–water partition coefficient (Wildman–Crippen LogP) is 1.65. The number of carbonyl (C=O) groups excluding carboxylic acids is 3. The van der Waals surface area contributed by atoms with Gasteiger partial charge in [-0.3, -0.25) is 14.4 Å². The Morgan fingerprint density at radius 1 is 1.05 bits per heavy atom. The van der Waals surface area contributed by atoms with Gasteiger partial charge in [-0.15, -0.1) is 0 Å². The lowest BCUT2D eigenvalue weighted by Gasteiger charge is -2.30. The van der Waals surface area contributed by atoms with Crippen molar-refractivity contribution < 1.29 is 14.4 Å². The van der Waals surface area contributed by atoms with Gasteiger partial charge >= 0.3 is 0 Å². The van der Waals surface area contributed by atoms with E-state index in [-0.39, 0.29) is 23.4 Å². The Labute approximate surface area is 133 Å². The van der Waals surface area contributed by atoms with Crippen LogP contribution < -0.4 is 5.32 Å². The van der Waals surface area contributed by atoms with E-state index in [0.29, 0.717) is 19.4 Å². The number of Topliss-reactive ketones (excluding diaryl/α,β-unsaturated/α-hetero) is 2. The zero-order valence-corrected chi connectivity index (χ0v) is 14.6. The van der Waals surface area contributed by atoms with E-state index in [0.717, 1.165) is 19.4 Å². The predicted molar refractivity (Wildman–Crippen MR) is 86.5 cm³/mol. The molecule has 0 saturated heterocycles. The number of hydrogen-bond acceptors (Lipinski definition) is 4. The van der Waals surface area contributed by atoms with Crippen molar-refractivity contribution in [2.24, 2.45) is 17.3 Å². The van der Waals surface area contributed by atoms with Crippen LogP contribution in [0.5, 0.6) is 0 Å². The van der Waals surface area contributed by atoms with Crippen LogP contribution in [0.25, 0.3) is 0 Å². The van der Waals surface area contributed by atoms with Crippen LogP contribution in [0.1, 0.15) is 46.5 Å². The van der Waals surface area contributed by atoms with Crippen molar-refractivity contribution in [3.63, 3.8) is 0 Å². The third-order valence-electron chi connectivity index (χ3n) is 4.20. The fourth-order valence-electron chi connectivity index (χ4n) is 2.83. The Kier molecular flexibility index (Phi) is 6.72. The van der Waals surface area contributed by atoms with Crippen LogP contribution in [0.15, 0.2) is 0 Å². The Bertz CT molecular complexity index is 424. The first-order valence-electron chi connectivity index (χ1n) is 8.15. The lowest BCUT2D eigenvalue weighted by Crippen LogP contribution is -2.45. The van der Waals surface area contributed by atoms with Gasteiger partial charge in [0.25, 0.3) is 0 Å². The molecule has 0 aromatic heterocycles. The normalized spacial score (nSPS) is 22.5. The van der Waals surface area contributed by atoms with Gasteiger partial charge in [-0.2, -0.15) is 0 Å². The summed E-state index contributed by atoms with van der Waals surface area (Å²) in [5, 5.41) is 2.90. The minimum Gasteiger partial charge on any atom is -0.355 e. The molecular formula is C17H30N2O3. The number of amides is 1. The number of ketones is 2. The maximum absolute atomic E-state index is 12.5. The van der Waals surface area contributed by atoms with E-state index in [9.17, 15) is 14.4 Å². The van der Waals surface area contributed by atoms with Gasteiger partial charge in [-0.1, -0.05) is 33.6 Å². The van der Waals surface area contributed by atoms with E-state index in [1.165, 1.54) is 0 Å². The van der Waals surface area contributed by atoms with Crippen molar-refractivity contribution in [2.45, 2.75) is 46.5 Å². The SMILES string of the molecule is CN(C)CCNC(=O)[C@@H]1CCCC[C@@H]1C(=O)C(=O)C(C)(C)C. The summed E-state index contributed by atoms with van der Waals surface area (Å²) >= 11 is 0. The molecule has 1 aliphatic rings. The number of nitrogens with one attached hydrogen (secondary N) is 1. The van der Waals surface area contributed by atoms with Gasteiger partial charge in [-0.25, -0.2) is 0 Å². The Morgan fingerprint density at radius 2 is 1.59 bits per heavy atom. The first-order chi connectivity index (χ1) is 10.1. The van der Waals surface area contributed by atoms with Crippen LogP contribution >= 0.6 is 0 Å². The summed E-state index contributed by atoms with van der Waals surface area (Å²) in [6.07, 6.45) is 3.20. The van der Waals surface area contributed by atoms with E-state index in [2.05, 4.69) is 5.32 Å². The van der Waals surface area contributed by atoms with Crippen LogP contribution in [-0.4, -0.2) is 49.6 Å². The monoisotopic (exact) mass is 310 g/mol. The molecule has 0 radical (unpaired) electrons. The zero-order chi connectivity index (χ0) is 16.9. The number of rotatable bonds is 6. The van der Waals surface area contributed by atoms with Crippen LogP contribution in [0.3, 0.4) is 0 Å². The van der Waals surface area contributed by atoms with E-state index in [1.54, 1.807) is 20.8 Å². The summed E-state index contributed by atoms with van der Waals surface area (Å²) in [7, 11) is 3.89. The smallest absolute Gasteiger partial charge is 0.223 e. The third-order valence-corrected chi connectivity index (χ3v) is 4.20. The molecule has 1 aliphatic carbocycles. The number of likely N-dealkylation sites (N-methyl/N-ethyl adjacent to an activating group) is 1. The van der Waals surface area contributed by atoms with Gasteiger partial charge in [0.1, 0.15) is 0 Å². The maximum Gasteiger partial charge on any atom is 0.223 e. The fourth-order valence-corrected chi connectivity index (χ4v) is 2.83. The van der Waals surface area contributed by atoms with Gasteiger partial charge < -0.3 is 10.2 Å². The van der Waals surface area contributed by atoms with Gasteiger partial charge in [-0.05, 0) is 26.9 Å². The highest BCUT2D eigenvalue weighted by Crippen LogP contribution is 2.33. The molecule has 0 bridgehead atoms. The number of carbonyl (C=O) groups is 3. The van der Waals surface area contributed by atoms with Gasteiger partial charge in [0.05, 0.1) is 0 Å². The summed E-state index contributed by atoms with van der Waals surface area (Å²) in [5.41, 5.74) is -0.680. The minimum atomic E-state index is -0.680. The van der Waals surface area contributed by atoms with Crippen molar-refractivity contribution in [2.75, 3.05) is 27.2 Å². The summed E-state index contributed by atoms with van der Waals surface area (Å²) in [6.45, 7) is 6.58. The largest absolute Gasteiger partial charge is 0.355 e. The average molecular weight is 310 g/mol. The molecule has 0 aromatic carbocycles. The highest BCUT2D eigenvalue weighted by Gasteiger charge is 2.41. The zero-order valence-electron chi connectivity index (χ0n) is 14.6. The molecule has 126 valence electrons. The molecule has 0 spiro atoms. The average Bonchev–Trinajstić information content (AvgIpc) is 2.44. The summed E-state index contributed by atoms with van der Waals surface area (Å²) in [6, 6.07) is 0. The van der Waals surface area contributed by atoms with Gasteiger partial charge in [0.15, 0.2) is 0 Å². The number of nitrogens with zero attached hydrogens (tertiary/aromatic N) is 1. The quantitative estimate of drug-likeness (QED) is 0.758. The summed E-state index contributed by atoms with van der Waals surface area (Å²) in [5.74, 6) is -1.60. The Morgan fingerprint density at radius 3 is 2.09 bits per heavy atom. The van der Waals surface area contributed by atoms with Crippen molar-refractivity contribution in [3.05, 3.63) is 0 Å². The molecular weight excluding hydrogens is 280 g/mol. The van der Waals surface area contributed by atoms with Crippen LogP contribution in [-0.2, 0) is 14.4 Å². The Balaban J connectivity index is 2.72. The molecule has 1 fully saturated rings. The molecule has 0 unspecified atom stereocenters. The van der Waals surface area contributed by atoms with E-state index < -0.39 is 11.3 Å². The molecule has 22 heavy (non-hydrogen) atoms. The van der Waals surface area contributed by atoms with Gasteiger partial charge in [0, 0.05) is 30.3 Å². The summed E-state index contributed by atoms with van der Waals surface area (Å²) in [4.78, 5) is 39.1. The molecule has 0 aliphatic heterocycles. The second-order valence-electron chi connectivity index (χ2n) is 7.54. The first kappa shape index (κ1) is 18.8. The third kappa shape index (κ3) is 5.20. The van der Waals surface area contributed by atoms with Crippen molar-refractivity contribution >= 4 is 17.5 Å². The van der Waals surface area contributed by atoms with Crippen molar-refractivity contribution in [3.8, 4) is 0 Å². The van der Waals surface area contributed by atoms with E-state index >= 15 is 0 Å². The Hall–Kier alpha value is -1.23. The lowest BCUT2D eigenvalue weighted by molar-refractivity contribution is -0.147. The molecule has 2 atom stereocenters. The molecule has 1 rings (SSSR count). The molecule has 0 heterocycles. The molecule has 5 nitrogen and oxygen atoms in total. The van der Waals surface area contributed by atoms with Crippen LogP contribution in [0.4, 0.5) is 0 Å². The fraction of sp³-hybridized carbons (Fsp3) is 0.824. The molecule has 1 N–H and O–H groups in total. The highest BCUT2D eigenvalue weighted by molar-refractivity contribution is 6.40. The molecule has 1 amide bonds. The topological polar surface area (TPSA) is 66.5 Å². The van der Waals surface area contributed by atoms with Crippen LogP contribution in [0.2, 0.25) is 0 Å². The van der Waals surface area contributed by atoms with E-state index in [4.69, 9.17) is 0 Å². The van der Waals surface area contributed by atoms with Crippen molar-refractivity contribution in [1.29, 1.82) is 0 Å². The van der Waals surface area contributed by atoms with Gasteiger partial charge in [0.2, 0.25) is 17.5 Å². The second kappa shape index (κ2) is 7.86. The lowest BCUT2D eigenvalue weighted by atomic mass is 9.72. The minimum absolute atomic E-state index is 0.0818. The first-order valence-corrected chi connectivity index (χ1v) is 8.15. The van der Waals surface area contributed by atoms with Crippen LogP contribution in [0, 0.1) is 17.3 Å². The maximum atomic E-state index is 12.5. The second-order valence-corrected chi connectivity index (χ2v) is 7.54. The molecule has 5 heteroatoms.